The van der Waals surface area contributed by atoms with Crippen molar-refractivity contribution < 1.29 is 18.0 Å². The van der Waals surface area contributed by atoms with Gasteiger partial charge in [0.25, 0.3) is 10.0 Å². The number of carbonyl (C=O) groups is 2. The molecule has 3 aromatic carbocycles. The summed E-state index contributed by atoms with van der Waals surface area (Å²) in [6.07, 6.45) is 0.296. The SMILES string of the molecule is CCC(C(=O)NC)N(Cc1ccc(Cl)cc1Cl)C(=O)CN(c1ccc(C)c(C)c1)S(=O)(=O)c1ccc(Cl)cc1. The number of sulfonamides is 1. The fraction of sp³-hybridized carbons (Fsp3) is 0.286. The first kappa shape index (κ1) is 30.8. The number of benzene rings is 3. The van der Waals surface area contributed by atoms with Gasteiger partial charge in [-0.1, -0.05) is 53.9 Å². The van der Waals surface area contributed by atoms with E-state index in [4.69, 9.17) is 34.8 Å². The van der Waals surface area contributed by atoms with Crippen molar-refractivity contribution in [3.05, 3.63) is 92.4 Å². The fourth-order valence-corrected chi connectivity index (χ4v) is 6.06. The van der Waals surface area contributed by atoms with Crippen LogP contribution in [0.15, 0.2) is 65.6 Å². The zero-order valence-corrected chi connectivity index (χ0v) is 25.1. The van der Waals surface area contributed by atoms with Gasteiger partial charge in [-0.3, -0.25) is 13.9 Å². The van der Waals surface area contributed by atoms with Gasteiger partial charge in [-0.15, -0.1) is 0 Å². The Kier molecular flexibility index (Phi) is 10.3. The molecule has 1 unspecified atom stereocenters. The van der Waals surface area contributed by atoms with Crippen molar-refractivity contribution in [1.29, 1.82) is 0 Å². The molecule has 208 valence electrons. The van der Waals surface area contributed by atoms with Crippen LogP contribution in [-0.4, -0.2) is 44.8 Å². The van der Waals surface area contributed by atoms with Gasteiger partial charge in [0.1, 0.15) is 12.6 Å². The number of anilines is 1. The smallest absolute Gasteiger partial charge is 0.264 e. The first-order valence-corrected chi connectivity index (χ1v) is 14.8. The molecular weight excluding hydrogens is 581 g/mol. The molecule has 39 heavy (non-hydrogen) atoms. The van der Waals surface area contributed by atoms with E-state index in [1.54, 1.807) is 43.3 Å². The third-order valence-electron chi connectivity index (χ3n) is 6.45. The molecule has 0 aliphatic heterocycles. The van der Waals surface area contributed by atoms with Crippen LogP contribution in [0.25, 0.3) is 0 Å². The molecule has 0 saturated carbocycles. The number of hydrogen-bond acceptors (Lipinski definition) is 4. The van der Waals surface area contributed by atoms with E-state index in [1.807, 2.05) is 13.8 Å². The van der Waals surface area contributed by atoms with E-state index < -0.39 is 28.5 Å². The predicted octanol–water partition coefficient (Wildman–Crippen LogP) is 6.01. The summed E-state index contributed by atoms with van der Waals surface area (Å²) >= 11 is 18.4. The number of carbonyl (C=O) groups excluding carboxylic acids is 2. The first-order valence-electron chi connectivity index (χ1n) is 12.2. The fourth-order valence-electron chi connectivity index (χ4n) is 4.06. The van der Waals surface area contributed by atoms with Crippen LogP contribution in [-0.2, 0) is 26.2 Å². The largest absolute Gasteiger partial charge is 0.357 e. The van der Waals surface area contributed by atoms with Crippen LogP contribution in [0.3, 0.4) is 0 Å². The summed E-state index contributed by atoms with van der Waals surface area (Å²) in [6, 6.07) is 14.9. The van der Waals surface area contributed by atoms with E-state index in [0.717, 1.165) is 15.4 Å². The lowest BCUT2D eigenvalue weighted by atomic mass is 10.1. The summed E-state index contributed by atoms with van der Waals surface area (Å²) in [6.45, 7) is 4.97. The Hall–Kier alpha value is -2.78. The standard InChI is InChI=1S/C28H30Cl3N3O4S/c1-5-26(28(36)32-4)33(16-20-7-8-22(30)15-25(20)31)27(35)17-34(23-11-6-18(2)19(3)14-23)39(37,38)24-12-9-21(29)10-13-24/h6-15,26H,5,16-17H2,1-4H3,(H,32,36). The van der Waals surface area contributed by atoms with E-state index >= 15 is 0 Å². The van der Waals surface area contributed by atoms with Gasteiger partial charge in [0.15, 0.2) is 0 Å². The number of rotatable bonds is 10. The normalized spacial score (nSPS) is 12.1. The first-order chi connectivity index (χ1) is 18.4. The third-order valence-corrected chi connectivity index (χ3v) is 9.07. The minimum atomic E-state index is -4.19. The predicted molar refractivity (Wildman–Crippen MR) is 157 cm³/mol. The Morgan fingerprint density at radius 2 is 1.54 bits per heavy atom. The number of halogens is 3. The number of amides is 2. The summed E-state index contributed by atoms with van der Waals surface area (Å²) in [5.41, 5.74) is 2.71. The molecule has 11 heteroatoms. The summed E-state index contributed by atoms with van der Waals surface area (Å²) in [7, 11) is -2.71. The molecule has 3 rings (SSSR count). The number of aryl methyl sites for hydroxylation is 2. The van der Waals surface area contributed by atoms with E-state index in [1.165, 1.54) is 36.2 Å². The molecule has 0 radical (unpaired) electrons. The van der Waals surface area contributed by atoms with Crippen LogP contribution in [0.4, 0.5) is 5.69 Å². The second-order valence-corrected chi connectivity index (χ2v) is 12.2. The molecule has 2 amide bonds. The Balaban J connectivity index is 2.10. The minimum absolute atomic E-state index is 0.0245. The van der Waals surface area contributed by atoms with Crippen molar-refractivity contribution in [1.82, 2.24) is 10.2 Å². The lowest BCUT2D eigenvalue weighted by Crippen LogP contribution is -2.51. The molecule has 0 aromatic heterocycles. The van der Waals surface area contributed by atoms with E-state index in [2.05, 4.69) is 5.32 Å². The maximum Gasteiger partial charge on any atom is 0.264 e. The molecule has 3 aromatic rings. The average molecular weight is 611 g/mol. The Morgan fingerprint density at radius 1 is 0.897 bits per heavy atom. The van der Waals surface area contributed by atoms with Gasteiger partial charge in [0.2, 0.25) is 11.8 Å². The van der Waals surface area contributed by atoms with E-state index in [0.29, 0.717) is 32.7 Å². The number of likely N-dealkylation sites (N-methyl/N-ethyl adjacent to an activating group) is 1. The van der Waals surface area contributed by atoms with Gasteiger partial charge in [-0.05, 0) is 85.5 Å². The molecule has 1 N–H and O–H groups in total. The molecule has 0 bridgehead atoms. The molecule has 0 heterocycles. The summed E-state index contributed by atoms with van der Waals surface area (Å²) in [5, 5.41) is 3.72. The molecule has 1 atom stereocenters. The number of hydrogen-bond donors (Lipinski definition) is 1. The van der Waals surface area contributed by atoms with Crippen LogP contribution in [0.5, 0.6) is 0 Å². The van der Waals surface area contributed by atoms with Crippen molar-refractivity contribution in [2.75, 3.05) is 17.9 Å². The van der Waals surface area contributed by atoms with Gasteiger partial charge < -0.3 is 10.2 Å². The molecule has 0 aliphatic rings. The summed E-state index contributed by atoms with van der Waals surface area (Å²) in [4.78, 5) is 28.1. The van der Waals surface area contributed by atoms with E-state index in [9.17, 15) is 18.0 Å². The minimum Gasteiger partial charge on any atom is -0.357 e. The highest BCUT2D eigenvalue weighted by atomic mass is 35.5. The molecule has 0 saturated heterocycles. The van der Waals surface area contributed by atoms with Crippen molar-refractivity contribution >= 4 is 62.3 Å². The Labute approximate surface area is 244 Å². The monoisotopic (exact) mass is 609 g/mol. The zero-order chi connectivity index (χ0) is 28.9. The van der Waals surface area contributed by atoms with Crippen molar-refractivity contribution in [3.8, 4) is 0 Å². The topological polar surface area (TPSA) is 86.8 Å². The zero-order valence-electron chi connectivity index (χ0n) is 22.0. The maximum atomic E-state index is 14.0. The number of nitrogens with zero attached hydrogens (tertiary/aromatic N) is 2. The lowest BCUT2D eigenvalue weighted by Gasteiger charge is -2.33. The average Bonchev–Trinajstić information content (AvgIpc) is 2.89. The number of nitrogens with one attached hydrogen (secondary N) is 1. The molecule has 0 spiro atoms. The van der Waals surface area contributed by atoms with Gasteiger partial charge in [-0.25, -0.2) is 8.42 Å². The molecule has 7 nitrogen and oxygen atoms in total. The van der Waals surface area contributed by atoms with Crippen molar-refractivity contribution in [2.45, 2.75) is 44.7 Å². The third kappa shape index (κ3) is 7.25. The second-order valence-electron chi connectivity index (χ2n) is 9.03. The van der Waals surface area contributed by atoms with Crippen LogP contribution in [0.1, 0.15) is 30.0 Å². The van der Waals surface area contributed by atoms with Crippen LogP contribution >= 0.6 is 34.8 Å². The molecular formula is C28H30Cl3N3O4S. The summed E-state index contributed by atoms with van der Waals surface area (Å²) < 4.78 is 28.8. The van der Waals surface area contributed by atoms with Gasteiger partial charge >= 0.3 is 0 Å². The summed E-state index contributed by atoms with van der Waals surface area (Å²) in [5.74, 6) is -0.957. The maximum absolute atomic E-state index is 14.0. The van der Waals surface area contributed by atoms with Crippen molar-refractivity contribution in [3.63, 3.8) is 0 Å². The molecule has 0 fully saturated rings. The molecule has 0 aliphatic carbocycles. The van der Waals surface area contributed by atoms with Gasteiger partial charge in [0, 0.05) is 28.7 Å². The highest BCUT2D eigenvalue weighted by Gasteiger charge is 2.33. The van der Waals surface area contributed by atoms with Gasteiger partial charge in [0.05, 0.1) is 10.6 Å². The van der Waals surface area contributed by atoms with Crippen molar-refractivity contribution in [2.24, 2.45) is 0 Å². The Bertz CT molecular complexity index is 1460. The van der Waals surface area contributed by atoms with Crippen LogP contribution in [0.2, 0.25) is 15.1 Å². The Morgan fingerprint density at radius 3 is 2.10 bits per heavy atom. The van der Waals surface area contributed by atoms with Crippen LogP contribution in [0, 0.1) is 13.8 Å². The second kappa shape index (κ2) is 13.0. The highest BCUT2D eigenvalue weighted by Crippen LogP contribution is 2.28. The highest BCUT2D eigenvalue weighted by molar-refractivity contribution is 7.92. The van der Waals surface area contributed by atoms with Gasteiger partial charge in [-0.2, -0.15) is 0 Å². The quantitative estimate of drug-likeness (QED) is 0.305. The van der Waals surface area contributed by atoms with E-state index in [-0.39, 0.29) is 17.3 Å². The van der Waals surface area contributed by atoms with Crippen LogP contribution < -0.4 is 9.62 Å². The lowest BCUT2D eigenvalue weighted by molar-refractivity contribution is -0.140.